The van der Waals surface area contributed by atoms with E-state index in [1.54, 1.807) is 13.8 Å². The fourth-order valence-electron chi connectivity index (χ4n) is 3.17. The van der Waals surface area contributed by atoms with Crippen molar-refractivity contribution >= 4 is 11.8 Å². The van der Waals surface area contributed by atoms with Gasteiger partial charge >= 0.3 is 0 Å². The lowest BCUT2D eigenvalue weighted by Gasteiger charge is -2.27. The molecule has 0 atom stereocenters. The highest BCUT2D eigenvalue weighted by molar-refractivity contribution is 6.04. The zero-order chi connectivity index (χ0) is 18.1. The summed E-state index contributed by atoms with van der Waals surface area (Å²) in [6.45, 7) is 8.62. The minimum atomic E-state index is -1.05. The zero-order valence-electron chi connectivity index (χ0n) is 15.7. The van der Waals surface area contributed by atoms with Crippen molar-refractivity contribution in [2.24, 2.45) is 5.41 Å². The Morgan fingerprint density at radius 1 is 1.12 bits per heavy atom. The largest absolute Gasteiger partial charge is 0.379 e. The van der Waals surface area contributed by atoms with Gasteiger partial charge in [0.05, 0.1) is 13.2 Å². The molecule has 2 rings (SSSR count). The highest BCUT2D eigenvalue weighted by Gasteiger charge is 2.35. The fraction of sp³-hybridized carbons (Fsp3) is 0.789. The second-order valence-electron chi connectivity index (χ2n) is 7.45. The minimum absolute atomic E-state index is 0.201. The maximum Gasteiger partial charge on any atom is 0.235 e. The first-order valence-electron chi connectivity index (χ1n) is 9.55. The van der Waals surface area contributed by atoms with Crippen LogP contribution >= 0.6 is 0 Å². The summed E-state index contributed by atoms with van der Waals surface area (Å²) in [7, 11) is 0. The first-order chi connectivity index (χ1) is 12.0. The van der Waals surface area contributed by atoms with Crippen LogP contribution < -0.4 is 10.6 Å². The number of ether oxygens (including phenoxy) is 1. The molecule has 0 saturated carbocycles. The van der Waals surface area contributed by atoms with E-state index in [1.165, 1.54) is 18.4 Å². The number of amides is 2. The Kier molecular flexibility index (Phi) is 7.90. The first kappa shape index (κ1) is 19.9. The van der Waals surface area contributed by atoms with Crippen molar-refractivity contribution in [2.45, 2.75) is 46.0 Å². The van der Waals surface area contributed by atoms with Crippen molar-refractivity contribution in [1.29, 1.82) is 0 Å². The summed E-state index contributed by atoms with van der Waals surface area (Å²) in [6, 6.07) is 0. The van der Waals surface area contributed by atoms with E-state index in [1.807, 2.05) is 0 Å². The molecule has 142 valence electrons. The SMILES string of the molecule is CC(C)(C(=O)NCCC1=CCCCC1)C(=O)NCCN1CCOCC1. The molecule has 0 aromatic rings. The number of hydrogen-bond donors (Lipinski definition) is 2. The monoisotopic (exact) mass is 351 g/mol. The van der Waals surface area contributed by atoms with Gasteiger partial charge in [0.15, 0.2) is 0 Å². The summed E-state index contributed by atoms with van der Waals surface area (Å²) >= 11 is 0. The molecule has 6 nitrogen and oxygen atoms in total. The molecule has 1 aliphatic heterocycles. The van der Waals surface area contributed by atoms with Crippen LogP contribution in [-0.4, -0.2) is 62.7 Å². The number of nitrogens with zero attached hydrogens (tertiary/aromatic N) is 1. The number of nitrogens with one attached hydrogen (secondary N) is 2. The molecule has 0 radical (unpaired) electrons. The van der Waals surface area contributed by atoms with Crippen LogP contribution in [0.5, 0.6) is 0 Å². The molecule has 0 spiro atoms. The van der Waals surface area contributed by atoms with Crippen LogP contribution in [0.25, 0.3) is 0 Å². The molecule has 1 heterocycles. The molecule has 1 aliphatic carbocycles. The van der Waals surface area contributed by atoms with Gasteiger partial charge in [-0.05, 0) is 46.0 Å². The summed E-state index contributed by atoms with van der Waals surface area (Å²) in [5.41, 5.74) is 0.380. The third-order valence-electron chi connectivity index (χ3n) is 5.07. The normalized spacial score (nSPS) is 19.2. The van der Waals surface area contributed by atoms with Crippen molar-refractivity contribution in [2.75, 3.05) is 45.9 Å². The summed E-state index contributed by atoms with van der Waals surface area (Å²) in [5, 5.41) is 5.82. The Labute approximate surface area is 151 Å². The van der Waals surface area contributed by atoms with Gasteiger partial charge in [0.2, 0.25) is 11.8 Å². The maximum atomic E-state index is 12.4. The van der Waals surface area contributed by atoms with Crippen molar-refractivity contribution in [3.63, 3.8) is 0 Å². The van der Waals surface area contributed by atoms with E-state index in [-0.39, 0.29) is 11.8 Å². The molecule has 1 fully saturated rings. The van der Waals surface area contributed by atoms with Crippen LogP contribution in [0.1, 0.15) is 46.0 Å². The third-order valence-corrected chi connectivity index (χ3v) is 5.07. The Morgan fingerprint density at radius 3 is 2.44 bits per heavy atom. The van der Waals surface area contributed by atoms with Crippen molar-refractivity contribution in [1.82, 2.24) is 15.5 Å². The van der Waals surface area contributed by atoms with Crippen molar-refractivity contribution < 1.29 is 14.3 Å². The molecule has 25 heavy (non-hydrogen) atoms. The Morgan fingerprint density at radius 2 is 1.80 bits per heavy atom. The number of hydrogen-bond acceptors (Lipinski definition) is 4. The molecule has 0 bridgehead atoms. The quantitative estimate of drug-likeness (QED) is 0.513. The van der Waals surface area contributed by atoms with Crippen LogP contribution in [0.15, 0.2) is 11.6 Å². The maximum absolute atomic E-state index is 12.4. The van der Waals surface area contributed by atoms with Crippen molar-refractivity contribution in [3.05, 3.63) is 11.6 Å². The molecule has 2 N–H and O–H groups in total. The van der Waals surface area contributed by atoms with Crippen LogP contribution in [0.3, 0.4) is 0 Å². The van der Waals surface area contributed by atoms with Crippen LogP contribution in [-0.2, 0) is 14.3 Å². The number of carbonyl (C=O) groups excluding carboxylic acids is 2. The predicted octanol–water partition coefficient (Wildman–Crippen LogP) is 1.47. The molecular weight excluding hydrogens is 318 g/mol. The molecule has 2 amide bonds. The van der Waals surface area contributed by atoms with Gasteiger partial charge in [-0.15, -0.1) is 0 Å². The van der Waals surface area contributed by atoms with Gasteiger partial charge in [-0.3, -0.25) is 14.5 Å². The molecule has 1 saturated heterocycles. The highest BCUT2D eigenvalue weighted by atomic mass is 16.5. The van der Waals surface area contributed by atoms with E-state index in [0.717, 1.165) is 52.1 Å². The summed E-state index contributed by atoms with van der Waals surface area (Å²) < 4.78 is 5.31. The van der Waals surface area contributed by atoms with Gasteiger partial charge in [-0.25, -0.2) is 0 Å². The van der Waals surface area contributed by atoms with E-state index >= 15 is 0 Å². The van der Waals surface area contributed by atoms with Gasteiger partial charge < -0.3 is 15.4 Å². The third kappa shape index (κ3) is 6.44. The number of allylic oxidation sites excluding steroid dienone is 1. The summed E-state index contributed by atoms with van der Waals surface area (Å²) in [5.74, 6) is -0.414. The smallest absolute Gasteiger partial charge is 0.235 e. The van der Waals surface area contributed by atoms with Crippen LogP contribution in [0, 0.1) is 5.41 Å². The van der Waals surface area contributed by atoms with Crippen LogP contribution in [0.4, 0.5) is 0 Å². The molecular formula is C19H33N3O3. The van der Waals surface area contributed by atoms with E-state index in [9.17, 15) is 9.59 Å². The molecule has 0 aromatic carbocycles. The van der Waals surface area contributed by atoms with Crippen molar-refractivity contribution in [3.8, 4) is 0 Å². The van der Waals surface area contributed by atoms with Gasteiger partial charge in [0, 0.05) is 32.7 Å². The second kappa shape index (κ2) is 9.92. The Hall–Kier alpha value is -1.40. The molecule has 0 aromatic heterocycles. The van der Waals surface area contributed by atoms with Gasteiger partial charge in [0.25, 0.3) is 0 Å². The predicted molar refractivity (Wildman–Crippen MR) is 98.2 cm³/mol. The molecule has 0 unspecified atom stereocenters. The average molecular weight is 351 g/mol. The van der Waals surface area contributed by atoms with Gasteiger partial charge in [-0.1, -0.05) is 11.6 Å². The first-order valence-corrected chi connectivity index (χ1v) is 9.55. The van der Waals surface area contributed by atoms with E-state index in [0.29, 0.717) is 13.1 Å². The molecule has 2 aliphatic rings. The lowest BCUT2D eigenvalue weighted by atomic mass is 9.90. The lowest BCUT2D eigenvalue weighted by molar-refractivity contribution is -0.141. The summed E-state index contributed by atoms with van der Waals surface area (Å²) in [4.78, 5) is 27.0. The number of rotatable bonds is 8. The van der Waals surface area contributed by atoms with Crippen LogP contribution in [0.2, 0.25) is 0 Å². The topological polar surface area (TPSA) is 70.7 Å². The average Bonchev–Trinajstić information content (AvgIpc) is 2.63. The fourth-order valence-corrected chi connectivity index (χ4v) is 3.17. The Balaban J connectivity index is 1.67. The zero-order valence-corrected chi connectivity index (χ0v) is 15.7. The second-order valence-corrected chi connectivity index (χ2v) is 7.45. The van der Waals surface area contributed by atoms with Gasteiger partial charge in [0.1, 0.15) is 5.41 Å². The standard InChI is InChI=1S/C19H33N3O3/c1-19(2,17(23)20-9-8-16-6-4-3-5-7-16)18(24)21-10-11-22-12-14-25-15-13-22/h6H,3-5,7-15H2,1-2H3,(H,20,23)(H,21,24). The minimum Gasteiger partial charge on any atom is -0.379 e. The Bertz CT molecular complexity index is 482. The highest BCUT2D eigenvalue weighted by Crippen LogP contribution is 2.20. The van der Waals surface area contributed by atoms with E-state index < -0.39 is 5.41 Å². The number of morpholine rings is 1. The van der Waals surface area contributed by atoms with Gasteiger partial charge in [-0.2, -0.15) is 0 Å². The lowest BCUT2D eigenvalue weighted by Crippen LogP contribution is -2.50. The van der Waals surface area contributed by atoms with E-state index in [2.05, 4.69) is 21.6 Å². The number of carbonyl (C=O) groups is 2. The van der Waals surface area contributed by atoms with E-state index in [4.69, 9.17) is 4.74 Å². The molecule has 6 heteroatoms. The summed E-state index contributed by atoms with van der Waals surface area (Å²) in [6.07, 6.45) is 7.99.